The summed E-state index contributed by atoms with van der Waals surface area (Å²) in [4.78, 5) is 11.2. The molecule has 0 fully saturated rings. The zero-order valence-electron chi connectivity index (χ0n) is 9.08. The SMILES string of the molecule is CCOC(=O)CCC(Cl)c1ccccc1Br. The highest BCUT2D eigenvalue weighted by atomic mass is 79.9. The van der Waals surface area contributed by atoms with Gasteiger partial charge in [-0.2, -0.15) is 0 Å². The van der Waals surface area contributed by atoms with Crippen LogP contribution in [0.5, 0.6) is 0 Å². The molecule has 0 bridgehead atoms. The first kappa shape index (κ1) is 13.5. The minimum atomic E-state index is -0.194. The molecule has 4 heteroatoms. The third kappa shape index (κ3) is 4.14. The molecule has 2 nitrogen and oxygen atoms in total. The molecule has 88 valence electrons. The number of hydrogen-bond donors (Lipinski definition) is 0. The molecule has 1 rings (SSSR count). The Labute approximate surface area is 109 Å². The molecule has 0 amide bonds. The Morgan fingerprint density at radius 3 is 2.81 bits per heavy atom. The maximum Gasteiger partial charge on any atom is 0.305 e. The molecule has 0 spiro atoms. The van der Waals surface area contributed by atoms with Gasteiger partial charge in [0.05, 0.1) is 12.0 Å². The summed E-state index contributed by atoms with van der Waals surface area (Å²) in [5, 5.41) is -0.167. The highest BCUT2D eigenvalue weighted by molar-refractivity contribution is 9.10. The van der Waals surface area contributed by atoms with Crippen LogP contribution in [-0.2, 0) is 9.53 Å². The van der Waals surface area contributed by atoms with Crippen LogP contribution in [0, 0.1) is 0 Å². The van der Waals surface area contributed by atoms with Crippen LogP contribution in [0.3, 0.4) is 0 Å². The van der Waals surface area contributed by atoms with Crippen molar-refractivity contribution in [3.05, 3.63) is 34.3 Å². The summed E-state index contributed by atoms with van der Waals surface area (Å²) >= 11 is 9.65. The molecule has 1 unspecified atom stereocenters. The zero-order valence-corrected chi connectivity index (χ0v) is 11.4. The van der Waals surface area contributed by atoms with Gasteiger partial charge in [-0.15, -0.1) is 11.6 Å². The van der Waals surface area contributed by atoms with Crippen molar-refractivity contribution in [2.24, 2.45) is 0 Å². The molecule has 0 radical (unpaired) electrons. The molecule has 0 saturated carbocycles. The van der Waals surface area contributed by atoms with E-state index >= 15 is 0 Å². The van der Waals surface area contributed by atoms with Gasteiger partial charge in [-0.3, -0.25) is 4.79 Å². The molecule has 0 aliphatic heterocycles. The third-order valence-corrected chi connectivity index (χ3v) is 3.33. The quantitative estimate of drug-likeness (QED) is 0.605. The minimum absolute atomic E-state index is 0.167. The van der Waals surface area contributed by atoms with Crippen molar-refractivity contribution in [3.63, 3.8) is 0 Å². The molecule has 16 heavy (non-hydrogen) atoms. The molecule has 1 aromatic rings. The lowest BCUT2D eigenvalue weighted by atomic mass is 10.1. The van der Waals surface area contributed by atoms with Crippen LogP contribution in [0.4, 0.5) is 0 Å². The number of rotatable bonds is 5. The van der Waals surface area contributed by atoms with E-state index in [4.69, 9.17) is 16.3 Å². The third-order valence-electron chi connectivity index (χ3n) is 2.15. The highest BCUT2D eigenvalue weighted by Gasteiger charge is 2.13. The van der Waals surface area contributed by atoms with Gasteiger partial charge < -0.3 is 4.74 Å². The van der Waals surface area contributed by atoms with Crippen molar-refractivity contribution < 1.29 is 9.53 Å². The number of carbonyl (C=O) groups excluding carboxylic acids is 1. The molecule has 1 atom stereocenters. The van der Waals surface area contributed by atoms with Crippen molar-refractivity contribution >= 4 is 33.5 Å². The zero-order chi connectivity index (χ0) is 12.0. The molecule has 0 heterocycles. The van der Waals surface area contributed by atoms with E-state index in [1.54, 1.807) is 6.92 Å². The lowest BCUT2D eigenvalue weighted by Gasteiger charge is -2.11. The number of esters is 1. The second kappa shape index (κ2) is 6.92. The van der Waals surface area contributed by atoms with E-state index in [9.17, 15) is 4.79 Å². The topological polar surface area (TPSA) is 26.3 Å². The highest BCUT2D eigenvalue weighted by Crippen LogP contribution is 2.31. The van der Waals surface area contributed by atoms with E-state index in [2.05, 4.69) is 15.9 Å². The maximum atomic E-state index is 11.2. The lowest BCUT2D eigenvalue weighted by Crippen LogP contribution is -2.05. The number of alkyl halides is 1. The number of carbonyl (C=O) groups is 1. The Bertz CT molecular complexity index is 355. The lowest BCUT2D eigenvalue weighted by molar-refractivity contribution is -0.143. The van der Waals surface area contributed by atoms with E-state index in [0.29, 0.717) is 19.4 Å². The number of halogens is 2. The number of hydrogen-bond acceptors (Lipinski definition) is 2. The largest absolute Gasteiger partial charge is 0.466 e. The van der Waals surface area contributed by atoms with Gasteiger partial charge in [-0.1, -0.05) is 34.1 Å². The normalized spacial score (nSPS) is 12.2. The van der Waals surface area contributed by atoms with Crippen molar-refractivity contribution in [1.82, 2.24) is 0 Å². The molecule has 0 saturated heterocycles. The summed E-state index contributed by atoms with van der Waals surface area (Å²) in [5.41, 5.74) is 1.01. The summed E-state index contributed by atoms with van der Waals surface area (Å²) in [6.45, 7) is 2.21. The summed E-state index contributed by atoms with van der Waals surface area (Å²) in [5.74, 6) is -0.194. The van der Waals surface area contributed by atoms with Crippen LogP contribution in [0.1, 0.15) is 30.7 Å². The summed E-state index contributed by atoms with van der Waals surface area (Å²) in [7, 11) is 0. The van der Waals surface area contributed by atoms with Crippen LogP contribution >= 0.6 is 27.5 Å². The van der Waals surface area contributed by atoms with Gasteiger partial charge >= 0.3 is 5.97 Å². The fourth-order valence-corrected chi connectivity index (χ4v) is 2.35. The van der Waals surface area contributed by atoms with E-state index in [0.717, 1.165) is 10.0 Å². The van der Waals surface area contributed by atoms with Crippen LogP contribution in [0.15, 0.2) is 28.7 Å². The molecule has 0 aliphatic rings. The van der Waals surface area contributed by atoms with Crippen LogP contribution < -0.4 is 0 Å². The smallest absolute Gasteiger partial charge is 0.305 e. The average molecular weight is 306 g/mol. The predicted molar refractivity (Wildman–Crippen MR) is 68.6 cm³/mol. The first-order chi connectivity index (χ1) is 7.65. The van der Waals surface area contributed by atoms with Crippen LogP contribution in [0.25, 0.3) is 0 Å². The summed E-state index contributed by atoms with van der Waals surface area (Å²) in [6.07, 6.45) is 0.937. The molecular weight excluding hydrogens is 291 g/mol. The van der Waals surface area contributed by atoms with Crippen LogP contribution in [-0.4, -0.2) is 12.6 Å². The Morgan fingerprint density at radius 1 is 1.50 bits per heavy atom. The predicted octanol–water partition coefficient (Wildman–Crippen LogP) is 4.07. The molecule has 1 aromatic carbocycles. The van der Waals surface area contributed by atoms with Gasteiger partial charge in [0.1, 0.15) is 0 Å². The van der Waals surface area contributed by atoms with Gasteiger partial charge in [0.2, 0.25) is 0 Å². The molecular formula is C12H14BrClO2. The van der Waals surface area contributed by atoms with Crippen molar-refractivity contribution in [3.8, 4) is 0 Å². The first-order valence-corrected chi connectivity index (χ1v) is 6.42. The Balaban J connectivity index is 2.50. The van der Waals surface area contributed by atoms with E-state index in [-0.39, 0.29) is 11.3 Å². The maximum absolute atomic E-state index is 11.2. The molecule has 0 aliphatic carbocycles. The van der Waals surface area contributed by atoms with Gasteiger partial charge in [0.15, 0.2) is 0 Å². The summed E-state index contributed by atoms with van der Waals surface area (Å²) in [6, 6.07) is 7.75. The van der Waals surface area contributed by atoms with E-state index in [1.807, 2.05) is 24.3 Å². The Morgan fingerprint density at radius 2 is 2.19 bits per heavy atom. The fraction of sp³-hybridized carbons (Fsp3) is 0.417. The van der Waals surface area contributed by atoms with Gasteiger partial charge in [0, 0.05) is 10.9 Å². The second-order valence-corrected chi connectivity index (χ2v) is 4.71. The monoisotopic (exact) mass is 304 g/mol. The van der Waals surface area contributed by atoms with E-state index < -0.39 is 0 Å². The standard InChI is InChI=1S/C12H14BrClO2/c1-2-16-12(15)8-7-11(14)9-5-3-4-6-10(9)13/h3-6,11H,2,7-8H2,1H3. The van der Waals surface area contributed by atoms with Crippen molar-refractivity contribution in [1.29, 1.82) is 0 Å². The van der Waals surface area contributed by atoms with Gasteiger partial charge in [-0.05, 0) is 25.0 Å². The van der Waals surface area contributed by atoms with Gasteiger partial charge in [0.25, 0.3) is 0 Å². The van der Waals surface area contributed by atoms with Crippen molar-refractivity contribution in [2.45, 2.75) is 25.1 Å². The first-order valence-electron chi connectivity index (χ1n) is 5.19. The minimum Gasteiger partial charge on any atom is -0.466 e. The Hall–Kier alpha value is -0.540. The summed E-state index contributed by atoms with van der Waals surface area (Å²) < 4.78 is 5.82. The molecule has 0 N–H and O–H groups in total. The number of benzene rings is 1. The van der Waals surface area contributed by atoms with Gasteiger partial charge in [-0.25, -0.2) is 0 Å². The fourth-order valence-electron chi connectivity index (χ4n) is 1.36. The number of ether oxygens (including phenoxy) is 1. The van der Waals surface area contributed by atoms with E-state index in [1.165, 1.54) is 0 Å². The average Bonchev–Trinajstić information content (AvgIpc) is 2.27. The second-order valence-electron chi connectivity index (χ2n) is 3.33. The van der Waals surface area contributed by atoms with Crippen molar-refractivity contribution in [2.75, 3.05) is 6.61 Å². The Kier molecular flexibility index (Phi) is 5.85. The molecule has 0 aromatic heterocycles. The van der Waals surface area contributed by atoms with Crippen LogP contribution in [0.2, 0.25) is 0 Å².